The molecule has 1 amide bonds. The molecule has 0 saturated heterocycles. The van der Waals surface area contributed by atoms with Gasteiger partial charge in [0.2, 0.25) is 5.91 Å². The maximum atomic E-state index is 11.2. The van der Waals surface area contributed by atoms with Crippen molar-refractivity contribution in [3.05, 3.63) is 16.1 Å². The molecule has 0 fully saturated rings. The number of nitrogens with one attached hydrogen (secondary N) is 1. The normalized spacial score (nSPS) is 10.5. The van der Waals surface area contributed by atoms with E-state index in [9.17, 15) is 4.79 Å². The molecular formula is C9H14N2OS. The Morgan fingerprint density at radius 2 is 2.38 bits per heavy atom. The van der Waals surface area contributed by atoms with Crippen LogP contribution in [0.5, 0.6) is 0 Å². The first-order valence-electron chi connectivity index (χ1n) is 4.28. The molecule has 0 bridgehead atoms. The van der Waals surface area contributed by atoms with Crippen molar-refractivity contribution < 1.29 is 4.79 Å². The zero-order valence-electron chi connectivity index (χ0n) is 8.13. The van der Waals surface area contributed by atoms with Crippen LogP contribution in [-0.2, 0) is 11.3 Å². The molecule has 1 N–H and O–H groups in total. The largest absolute Gasteiger partial charge is 0.349 e. The number of carbonyl (C=O) groups excluding carboxylic acids is 1. The van der Waals surface area contributed by atoms with Gasteiger partial charge in [-0.25, -0.2) is 4.98 Å². The Balaban J connectivity index is 2.39. The molecule has 1 heterocycles. The number of thiazole rings is 1. The van der Waals surface area contributed by atoms with Crippen LogP contribution >= 0.6 is 11.3 Å². The SMILES string of the molecule is Cc1cnc(CNC(=O)C(C)C)s1. The molecule has 0 aliphatic carbocycles. The summed E-state index contributed by atoms with van der Waals surface area (Å²) in [7, 11) is 0. The summed E-state index contributed by atoms with van der Waals surface area (Å²) in [6, 6.07) is 0. The topological polar surface area (TPSA) is 42.0 Å². The second-order valence-corrected chi connectivity index (χ2v) is 4.56. The summed E-state index contributed by atoms with van der Waals surface area (Å²) in [5.74, 6) is 0.119. The molecule has 0 aliphatic rings. The first-order valence-corrected chi connectivity index (χ1v) is 5.10. The van der Waals surface area contributed by atoms with Gasteiger partial charge in [-0.05, 0) is 6.92 Å². The van der Waals surface area contributed by atoms with Crippen molar-refractivity contribution >= 4 is 17.2 Å². The molecule has 0 aliphatic heterocycles. The highest BCUT2D eigenvalue weighted by atomic mass is 32.1. The van der Waals surface area contributed by atoms with Gasteiger partial charge in [-0.3, -0.25) is 4.79 Å². The van der Waals surface area contributed by atoms with E-state index in [1.54, 1.807) is 11.3 Å². The maximum Gasteiger partial charge on any atom is 0.222 e. The zero-order valence-corrected chi connectivity index (χ0v) is 8.94. The van der Waals surface area contributed by atoms with E-state index in [0.717, 1.165) is 5.01 Å². The van der Waals surface area contributed by atoms with Gasteiger partial charge >= 0.3 is 0 Å². The number of nitrogens with zero attached hydrogens (tertiary/aromatic N) is 1. The maximum absolute atomic E-state index is 11.2. The minimum absolute atomic E-state index is 0.0426. The minimum atomic E-state index is 0.0426. The Labute approximate surface area is 82.2 Å². The number of aromatic nitrogens is 1. The summed E-state index contributed by atoms with van der Waals surface area (Å²) < 4.78 is 0. The summed E-state index contributed by atoms with van der Waals surface area (Å²) in [6.45, 7) is 6.31. The smallest absolute Gasteiger partial charge is 0.222 e. The number of amides is 1. The Morgan fingerprint density at radius 3 is 2.85 bits per heavy atom. The van der Waals surface area contributed by atoms with E-state index in [2.05, 4.69) is 10.3 Å². The van der Waals surface area contributed by atoms with E-state index >= 15 is 0 Å². The van der Waals surface area contributed by atoms with Crippen LogP contribution in [-0.4, -0.2) is 10.9 Å². The first-order chi connectivity index (χ1) is 6.09. The van der Waals surface area contributed by atoms with E-state index in [1.807, 2.05) is 27.0 Å². The van der Waals surface area contributed by atoms with Crippen LogP contribution in [0.25, 0.3) is 0 Å². The molecule has 0 unspecified atom stereocenters. The molecular weight excluding hydrogens is 184 g/mol. The number of hydrogen-bond acceptors (Lipinski definition) is 3. The van der Waals surface area contributed by atoms with Gasteiger partial charge in [0, 0.05) is 17.0 Å². The summed E-state index contributed by atoms with van der Waals surface area (Å²) in [4.78, 5) is 16.5. The molecule has 1 rings (SSSR count). The van der Waals surface area contributed by atoms with Crippen molar-refractivity contribution in [2.45, 2.75) is 27.3 Å². The van der Waals surface area contributed by atoms with Gasteiger partial charge in [0.05, 0.1) is 6.54 Å². The molecule has 72 valence electrons. The van der Waals surface area contributed by atoms with Crippen molar-refractivity contribution in [1.29, 1.82) is 0 Å². The quantitative estimate of drug-likeness (QED) is 0.803. The van der Waals surface area contributed by atoms with Crippen molar-refractivity contribution in [2.75, 3.05) is 0 Å². The Bertz CT molecular complexity index is 294. The Kier molecular flexibility index (Phi) is 3.42. The third-order valence-electron chi connectivity index (χ3n) is 1.61. The molecule has 4 heteroatoms. The van der Waals surface area contributed by atoms with Crippen LogP contribution < -0.4 is 5.32 Å². The monoisotopic (exact) mass is 198 g/mol. The Hall–Kier alpha value is -0.900. The van der Waals surface area contributed by atoms with E-state index in [0.29, 0.717) is 6.54 Å². The van der Waals surface area contributed by atoms with E-state index in [4.69, 9.17) is 0 Å². The van der Waals surface area contributed by atoms with Crippen LogP contribution in [0.3, 0.4) is 0 Å². The fraction of sp³-hybridized carbons (Fsp3) is 0.556. The molecule has 0 atom stereocenters. The molecule has 1 aromatic rings. The van der Waals surface area contributed by atoms with E-state index in [-0.39, 0.29) is 11.8 Å². The van der Waals surface area contributed by atoms with Crippen molar-refractivity contribution in [1.82, 2.24) is 10.3 Å². The summed E-state index contributed by atoms with van der Waals surface area (Å²) in [5, 5.41) is 3.79. The summed E-state index contributed by atoms with van der Waals surface area (Å²) in [6.07, 6.45) is 1.82. The van der Waals surface area contributed by atoms with Crippen LogP contribution in [0.15, 0.2) is 6.20 Å². The molecule has 1 aromatic heterocycles. The lowest BCUT2D eigenvalue weighted by molar-refractivity contribution is -0.124. The lowest BCUT2D eigenvalue weighted by Gasteiger charge is -2.04. The van der Waals surface area contributed by atoms with E-state index < -0.39 is 0 Å². The minimum Gasteiger partial charge on any atom is -0.349 e. The van der Waals surface area contributed by atoms with Crippen molar-refractivity contribution in [2.24, 2.45) is 5.92 Å². The predicted molar refractivity (Wildman–Crippen MR) is 53.5 cm³/mol. The number of rotatable bonds is 3. The second kappa shape index (κ2) is 4.37. The van der Waals surface area contributed by atoms with Gasteiger partial charge in [-0.1, -0.05) is 13.8 Å². The lowest BCUT2D eigenvalue weighted by Crippen LogP contribution is -2.26. The third kappa shape index (κ3) is 3.14. The highest BCUT2D eigenvalue weighted by Crippen LogP contribution is 2.10. The van der Waals surface area contributed by atoms with Crippen LogP contribution in [0.2, 0.25) is 0 Å². The molecule has 0 saturated carbocycles. The first kappa shape index (κ1) is 10.2. The van der Waals surface area contributed by atoms with E-state index in [1.165, 1.54) is 4.88 Å². The van der Waals surface area contributed by atoms with Gasteiger partial charge in [0.1, 0.15) is 5.01 Å². The average Bonchev–Trinajstić information content (AvgIpc) is 2.47. The van der Waals surface area contributed by atoms with Gasteiger partial charge in [-0.15, -0.1) is 11.3 Å². The Morgan fingerprint density at radius 1 is 1.69 bits per heavy atom. The standard InChI is InChI=1S/C9H14N2OS/c1-6(2)9(12)11-5-8-10-4-7(3)13-8/h4,6H,5H2,1-3H3,(H,11,12). The van der Waals surface area contributed by atoms with Crippen LogP contribution in [0.1, 0.15) is 23.7 Å². The fourth-order valence-corrected chi connectivity index (χ4v) is 1.58. The third-order valence-corrected chi connectivity index (χ3v) is 2.52. The van der Waals surface area contributed by atoms with Crippen molar-refractivity contribution in [3.8, 4) is 0 Å². The number of hydrogen-bond donors (Lipinski definition) is 1. The van der Waals surface area contributed by atoms with Gasteiger partial charge < -0.3 is 5.32 Å². The molecule has 0 spiro atoms. The highest BCUT2D eigenvalue weighted by molar-refractivity contribution is 7.11. The van der Waals surface area contributed by atoms with Gasteiger partial charge in [0.15, 0.2) is 0 Å². The lowest BCUT2D eigenvalue weighted by atomic mass is 10.2. The molecule has 3 nitrogen and oxygen atoms in total. The van der Waals surface area contributed by atoms with Gasteiger partial charge in [0.25, 0.3) is 0 Å². The van der Waals surface area contributed by atoms with Crippen LogP contribution in [0.4, 0.5) is 0 Å². The fourth-order valence-electron chi connectivity index (χ4n) is 0.850. The summed E-state index contributed by atoms with van der Waals surface area (Å²) in [5.41, 5.74) is 0. The van der Waals surface area contributed by atoms with Crippen molar-refractivity contribution in [3.63, 3.8) is 0 Å². The molecule has 13 heavy (non-hydrogen) atoms. The predicted octanol–water partition coefficient (Wildman–Crippen LogP) is 1.72. The van der Waals surface area contributed by atoms with Crippen LogP contribution in [0, 0.1) is 12.8 Å². The second-order valence-electron chi connectivity index (χ2n) is 3.24. The molecule has 0 radical (unpaired) electrons. The average molecular weight is 198 g/mol. The van der Waals surface area contributed by atoms with Gasteiger partial charge in [-0.2, -0.15) is 0 Å². The number of aryl methyl sites for hydroxylation is 1. The zero-order chi connectivity index (χ0) is 9.84. The summed E-state index contributed by atoms with van der Waals surface area (Å²) >= 11 is 1.62. The number of carbonyl (C=O) groups is 1. The molecule has 0 aromatic carbocycles. The highest BCUT2D eigenvalue weighted by Gasteiger charge is 2.06.